The fourth-order valence-electron chi connectivity index (χ4n) is 4.36. The lowest BCUT2D eigenvalue weighted by atomic mass is 9.62. The second-order valence-electron chi connectivity index (χ2n) is 7.08. The molecule has 1 unspecified atom stereocenters. The predicted octanol–water partition coefficient (Wildman–Crippen LogP) is 2.69. The Morgan fingerprint density at radius 1 is 1.39 bits per heavy atom. The first-order valence-electron chi connectivity index (χ1n) is 8.67. The molecule has 0 spiro atoms. The van der Waals surface area contributed by atoms with E-state index in [2.05, 4.69) is 14.9 Å². The quantitative estimate of drug-likeness (QED) is 0.915. The van der Waals surface area contributed by atoms with Crippen molar-refractivity contribution in [2.75, 3.05) is 13.1 Å². The molecule has 3 heterocycles. The van der Waals surface area contributed by atoms with Gasteiger partial charge in [-0.05, 0) is 50.8 Å². The number of rotatable bonds is 3. The molecule has 2 aliphatic rings. The van der Waals surface area contributed by atoms with Crippen LogP contribution in [0.1, 0.15) is 49.0 Å². The number of hydrogen-bond donors (Lipinski definition) is 2. The van der Waals surface area contributed by atoms with Gasteiger partial charge in [0, 0.05) is 41.3 Å². The lowest BCUT2D eigenvalue weighted by molar-refractivity contribution is -0.00901. The van der Waals surface area contributed by atoms with E-state index < -0.39 is 0 Å². The zero-order valence-corrected chi connectivity index (χ0v) is 13.4. The Balaban J connectivity index is 1.64. The van der Waals surface area contributed by atoms with Gasteiger partial charge in [-0.3, -0.25) is 9.78 Å². The van der Waals surface area contributed by atoms with Gasteiger partial charge in [0.25, 0.3) is 5.91 Å². The SMILES string of the molecule is NCC1(C2CCCCN2C(=O)c2cc3cnccc3[nH]2)CCC1. The molecule has 1 aliphatic carbocycles. The van der Waals surface area contributed by atoms with Crippen LogP contribution >= 0.6 is 0 Å². The number of likely N-dealkylation sites (tertiary alicyclic amines) is 1. The van der Waals surface area contributed by atoms with E-state index >= 15 is 0 Å². The van der Waals surface area contributed by atoms with E-state index in [0.717, 1.165) is 43.1 Å². The van der Waals surface area contributed by atoms with Crippen molar-refractivity contribution in [3.05, 3.63) is 30.2 Å². The Bertz CT molecular complexity index is 680. The average molecular weight is 312 g/mol. The van der Waals surface area contributed by atoms with Gasteiger partial charge in [-0.15, -0.1) is 0 Å². The maximum absolute atomic E-state index is 13.1. The highest BCUT2D eigenvalue weighted by Crippen LogP contribution is 2.47. The number of fused-ring (bicyclic) bond motifs is 1. The van der Waals surface area contributed by atoms with Gasteiger partial charge in [0.2, 0.25) is 0 Å². The summed E-state index contributed by atoms with van der Waals surface area (Å²) in [5.41, 5.74) is 7.90. The Morgan fingerprint density at radius 3 is 2.96 bits per heavy atom. The molecule has 4 rings (SSSR count). The van der Waals surface area contributed by atoms with Crippen LogP contribution in [-0.4, -0.2) is 39.9 Å². The molecule has 2 fully saturated rings. The van der Waals surface area contributed by atoms with Crippen LogP contribution < -0.4 is 5.73 Å². The van der Waals surface area contributed by atoms with Crippen molar-refractivity contribution >= 4 is 16.8 Å². The first kappa shape index (κ1) is 14.7. The van der Waals surface area contributed by atoms with E-state index in [1.165, 1.54) is 12.8 Å². The van der Waals surface area contributed by atoms with Crippen molar-refractivity contribution < 1.29 is 4.79 Å². The van der Waals surface area contributed by atoms with Gasteiger partial charge in [0.15, 0.2) is 0 Å². The molecular formula is C18H24N4O. The van der Waals surface area contributed by atoms with Gasteiger partial charge < -0.3 is 15.6 Å². The fraction of sp³-hybridized carbons (Fsp3) is 0.556. The lowest BCUT2D eigenvalue weighted by Gasteiger charge is -2.53. The van der Waals surface area contributed by atoms with E-state index in [4.69, 9.17) is 5.73 Å². The van der Waals surface area contributed by atoms with Crippen LogP contribution in [0.5, 0.6) is 0 Å². The van der Waals surface area contributed by atoms with Gasteiger partial charge in [-0.2, -0.15) is 0 Å². The number of pyridine rings is 1. The molecular weight excluding hydrogens is 288 g/mol. The third-order valence-electron chi connectivity index (χ3n) is 5.88. The summed E-state index contributed by atoms with van der Waals surface area (Å²) in [5.74, 6) is 0.116. The topological polar surface area (TPSA) is 75.0 Å². The van der Waals surface area contributed by atoms with E-state index in [0.29, 0.717) is 18.3 Å². The first-order valence-corrected chi connectivity index (χ1v) is 8.67. The van der Waals surface area contributed by atoms with Crippen LogP contribution in [0.2, 0.25) is 0 Å². The maximum Gasteiger partial charge on any atom is 0.270 e. The molecule has 5 heteroatoms. The van der Waals surface area contributed by atoms with Gasteiger partial charge in [0.1, 0.15) is 5.69 Å². The minimum absolute atomic E-state index is 0.116. The Kier molecular flexibility index (Phi) is 3.60. The molecule has 5 nitrogen and oxygen atoms in total. The molecule has 0 radical (unpaired) electrons. The Hall–Kier alpha value is -1.88. The van der Waals surface area contributed by atoms with Gasteiger partial charge in [-0.25, -0.2) is 0 Å². The summed E-state index contributed by atoms with van der Waals surface area (Å²) in [7, 11) is 0. The van der Waals surface area contributed by atoms with Crippen molar-refractivity contribution in [1.82, 2.24) is 14.9 Å². The molecule has 1 saturated carbocycles. The fourth-order valence-corrected chi connectivity index (χ4v) is 4.36. The number of carbonyl (C=O) groups is 1. The summed E-state index contributed by atoms with van der Waals surface area (Å²) >= 11 is 0. The highest BCUT2D eigenvalue weighted by Gasteiger charge is 2.47. The standard InChI is InChI=1S/C18H24N4O/c19-12-18(6-3-7-18)16-4-1-2-9-22(16)17(23)15-10-13-11-20-8-5-14(13)21-15/h5,8,10-11,16,21H,1-4,6-7,9,12,19H2. The Labute approximate surface area is 136 Å². The molecule has 1 amide bonds. The number of aromatic nitrogens is 2. The van der Waals surface area contributed by atoms with Crippen molar-refractivity contribution in [3.8, 4) is 0 Å². The molecule has 23 heavy (non-hydrogen) atoms. The van der Waals surface area contributed by atoms with Crippen LogP contribution in [0, 0.1) is 5.41 Å². The zero-order chi connectivity index (χ0) is 15.9. The molecule has 1 atom stereocenters. The van der Waals surface area contributed by atoms with Crippen LogP contribution in [0.4, 0.5) is 0 Å². The number of nitrogens with two attached hydrogens (primary N) is 1. The number of H-pyrrole nitrogens is 1. The summed E-state index contributed by atoms with van der Waals surface area (Å²) < 4.78 is 0. The summed E-state index contributed by atoms with van der Waals surface area (Å²) in [5, 5.41) is 0.988. The van der Waals surface area contributed by atoms with Crippen molar-refractivity contribution in [2.24, 2.45) is 11.1 Å². The van der Waals surface area contributed by atoms with Crippen LogP contribution in [-0.2, 0) is 0 Å². The van der Waals surface area contributed by atoms with Crippen molar-refractivity contribution in [1.29, 1.82) is 0 Å². The third kappa shape index (κ3) is 2.34. The second-order valence-corrected chi connectivity index (χ2v) is 7.08. The number of nitrogens with one attached hydrogen (secondary N) is 1. The molecule has 0 aromatic carbocycles. The number of hydrogen-bond acceptors (Lipinski definition) is 3. The normalized spacial score (nSPS) is 23.7. The predicted molar refractivity (Wildman–Crippen MR) is 90.1 cm³/mol. The van der Waals surface area contributed by atoms with Crippen LogP contribution in [0.25, 0.3) is 10.9 Å². The molecule has 2 aromatic heterocycles. The largest absolute Gasteiger partial charge is 0.350 e. The number of piperidine rings is 1. The molecule has 0 bridgehead atoms. The molecule has 1 aliphatic heterocycles. The zero-order valence-electron chi connectivity index (χ0n) is 13.4. The maximum atomic E-state index is 13.1. The minimum atomic E-state index is 0.116. The molecule has 2 aromatic rings. The third-order valence-corrected chi connectivity index (χ3v) is 5.88. The van der Waals surface area contributed by atoms with Crippen LogP contribution in [0.3, 0.4) is 0 Å². The summed E-state index contributed by atoms with van der Waals surface area (Å²) in [6, 6.07) is 4.13. The van der Waals surface area contributed by atoms with E-state index in [1.54, 1.807) is 12.4 Å². The highest BCUT2D eigenvalue weighted by atomic mass is 16.2. The van der Waals surface area contributed by atoms with Gasteiger partial charge in [0.05, 0.1) is 0 Å². The first-order chi connectivity index (χ1) is 11.2. The average Bonchev–Trinajstić information content (AvgIpc) is 2.98. The van der Waals surface area contributed by atoms with E-state index in [1.807, 2.05) is 12.1 Å². The van der Waals surface area contributed by atoms with Crippen molar-refractivity contribution in [3.63, 3.8) is 0 Å². The molecule has 3 N–H and O–H groups in total. The van der Waals surface area contributed by atoms with E-state index in [9.17, 15) is 4.79 Å². The number of carbonyl (C=O) groups excluding carboxylic acids is 1. The second kappa shape index (κ2) is 5.64. The summed E-state index contributed by atoms with van der Waals surface area (Å²) in [6.45, 7) is 1.54. The smallest absolute Gasteiger partial charge is 0.270 e. The molecule has 122 valence electrons. The molecule has 1 saturated heterocycles. The monoisotopic (exact) mass is 312 g/mol. The highest BCUT2D eigenvalue weighted by molar-refractivity contribution is 5.98. The summed E-state index contributed by atoms with van der Waals surface area (Å²) in [6.07, 6.45) is 10.5. The van der Waals surface area contributed by atoms with E-state index in [-0.39, 0.29) is 11.3 Å². The van der Waals surface area contributed by atoms with Crippen LogP contribution in [0.15, 0.2) is 24.5 Å². The Morgan fingerprint density at radius 2 is 2.26 bits per heavy atom. The van der Waals surface area contributed by atoms with Gasteiger partial charge in [-0.1, -0.05) is 6.42 Å². The minimum Gasteiger partial charge on any atom is -0.350 e. The number of amides is 1. The lowest BCUT2D eigenvalue weighted by Crippen LogP contribution is -2.58. The number of nitrogens with zero attached hydrogens (tertiary/aromatic N) is 2. The summed E-state index contributed by atoms with van der Waals surface area (Å²) in [4.78, 5) is 22.6. The number of aromatic amines is 1. The van der Waals surface area contributed by atoms with Gasteiger partial charge >= 0.3 is 0 Å². The van der Waals surface area contributed by atoms with Crippen molar-refractivity contribution in [2.45, 2.75) is 44.6 Å².